The summed E-state index contributed by atoms with van der Waals surface area (Å²) in [4.78, 5) is 4.41. The summed E-state index contributed by atoms with van der Waals surface area (Å²) in [6, 6.07) is 17.8. The van der Waals surface area contributed by atoms with Crippen LogP contribution >= 0.6 is 11.6 Å². The second kappa shape index (κ2) is 10.7. The summed E-state index contributed by atoms with van der Waals surface area (Å²) in [7, 11) is -1.14. The minimum Gasteiger partial charge on any atom is -0.360 e. The molecule has 0 saturated heterocycles. The van der Waals surface area contributed by atoms with Crippen LogP contribution in [-0.4, -0.2) is 29.4 Å². The second-order valence-electron chi connectivity index (χ2n) is 9.72. The Morgan fingerprint density at radius 3 is 2.56 bits per heavy atom. The van der Waals surface area contributed by atoms with Crippen LogP contribution in [0.1, 0.15) is 23.7 Å². The zero-order chi connectivity index (χ0) is 24.1. The van der Waals surface area contributed by atoms with Gasteiger partial charge in [-0.25, -0.2) is 4.68 Å². The van der Waals surface area contributed by atoms with E-state index in [0.717, 1.165) is 62.9 Å². The minimum atomic E-state index is -1.14. The maximum Gasteiger partial charge on any atom is 0.140 e. The lowest BCUT2D eigenvalue weighted by atomic mass is 10.0. The first-order valence-corrected chi connectivity index (χ1v) is 15.9. The van der Waals surface area contributed by atoms with E-state index in [1.165, 1.54) is 0 Å². The average molecular weight is 490 g/mol. The molecule has 0 atom stereocenters. The van der Waals surface area contributed by atoms with Gasteiger partial charge in [0.2, 0.25) is 0 Å². The van der Waals surface area contributed by atoms with E-state index in [0.29, 0.717) is 6.73 Å². The Bertz CT molecular complexity index is 1290. The molecule has 4 aromatic rings. The fraction of sp³-hybridized carbons (Fsp3) is 0.286. The monoisotopic (exact) mass is 489 g/mol. The smallest absolute Gasteiger partial charge is 0.140 e. The Hall–Kier alpha value is -2.73. The third-order valence-electron chi connectivity index (χ3n) is 5.87. The van der Waals surface area contributed by atoms with Crippen LogP contribution < -0.4 is 0 Å². The molecule has 34 heavy (non-hydrogen) atoms. The number of hydrogen-bond donors (Lipinski definition) is 0. The summed E-state index contributed by atoms with van der Waals surface area (Å²) in [5.41, 5.74) is 6.12. The fourth-order valence-electron chi connectivity index (χ4n) is 3.80. The third kappa shape index (κ3) is 5.84. The van der Waals surface area contributed by atoms with Gasteiger partial charge in [0, 0.05) is 38.0 Å². The minimum absolute atomic E-state index is 0.438. The SMILES string of the molecule is CCc1cncc(-c2ccc3c(c2)c(/C=C/c2ccccc2)nn3COCC[Si](C)(C)C)c1Cl. The van der Waals surface area contributed by atoms with Crippen LogP contribution in [0.3, 0.4) is 0 Å². The summed E-state index contributed by atoms with van der Waals surface area (Å²) in [5.74, 6) is 0. The second-order valence-corrected chi connectivity index (χ2v) is 15.7. The quantitative estimate of drug-likeness (QED) is 0.178. The van der Waals surface area contributed by atoms with Gasteiger partial charge in [-0.05, 0) is 47.4 Å². The van der Waals surface area contributed by atoms with Crippen molar-refractivity contribution in [2.24, 2.45) is 0 Å². The number of aryl methyl sites for hydroxylation is 1. The van der Waals surface area contributed by atoms with Crippen molar-refractivity contribution in [1.29, 1.82) is 0 Å². The highest BCUT2D eigenvalue weighted by Crippen LogP contribution is 2.33. The largest absolute Gasteiger partial charge is 0.360 e. The van der Waals surface area contributed by atoms with Gasteiger partial charge in [0.15, 0.2) is 0 Å². The highest BCUT2D eigenvalue weighted by atomic mass is 35.5. The Morgan fingerprint density at radius 1 is 1.03 bits per heavy atom. The maximum absolute atomic E-state index is 6.71. The van der Waals surface area contributed by atoms with E-state index in [9.17, 15) is 0 Å². The molecule has 6 heteroatoms. The van der Waals surface area contributed by atoms with Crippen LogP contribution in [0.15, 0.2) is 60.9 Å². The van der Waals surface area contributed by atoms with Crippen molar-refractivity contribution in [2.45, 2.75) is 45.8 Å². The van der Waals surface area contributed by atoms with Gasteiger partial charge in [-0.2, -0.15) is 5.10 Å². The van der Waals surface area contributed by atoms with Crippen molar-refractivity contribution in [2.75, 3.05) is 6.61 Å². The zero-order valence-corrected chi connectivity index (χ0v) is 22.1. The van der Waals surface area contributed by atoms with E-state index >= 15 is 0 Å². The Kier molecular flexibility index (Phi) is 7.66. The number of pyridine rings is 1. The molecule has 0 spiro atoms. The van der Waals surface area contributed by atoms with Crippen LogP contribution in [0.2, 0.25) is 30.7 Å². The maximum atomic E-state index is 6.71. The van der Waals surface area contributed by atoms with Crippen molar-refractivity contribution >= 4 is 42.7 Å². The van der Waals surface area contributed by atoms with Crippen LogP contribution in [0, 0.1) is 0 Å². The summed E-state index contributed by atoms with van der Waals surface area (Å²) in [5, 5.41) is 6.73. The van der Waals surface area contributed by atoms with Crippen LogP contribution in [-0.2, 0) is 17.9 Å². The van der Waals surface area contributed by atoms with Crippen molar-refractivity contribution in [3.8, 4) is 11.1 Å². The zero-order valence-electron chi connectivity index (χ0n) is 20.4. The molecular weight excluding hydrogens is 458 g/mol. The molecule has 0 bridgehead atoms. The summed E-state index contributed by atoms with van der Waals surface area (Å²) in [6.07, 6.45) is 8.69. The number of benzene rings is 2. The summed E-state index contributed by atoms with van der Waals surface area (Å²) < 4.78 is 7.98. The molecule has 0 aliphatic rings. The molecule has 0 amide bonds. The van der Waals surface area contributed by atoms with E-state index in [1.807, 2.05) is 35.3 Å². The van der Waals surface area contributed by atoms with Crippen molar-refractivity contribution in [3.05, 3.63) is 82.8 Å². The van der Waals surface area contributed by atoms with E-state index in [1.54, 1.807) is 0 Å². The summed E-state index contributed by atoms with van der Waals surface area (Å²) >= 11 is 6.71. The molecule has 2 aromatic carbocycles. The van der Waals surface area contributed by atoms with Crippen molar-refractivity contribution in [3.63, 3.8) is 0 Å². The number of halogens is 1. The van der Waals surface area contributed by atoms with Crippen LogP contribution in [0.25, 0.3) is 34.2 Å². The molecule has 0 aliphatic carbocycles. The third-order valence-corrected chi connectivity index (χ3v) is 8.02. The number of fused-ring (bicyclic) bond motifs is 1. The highest BCUT2D eigenvalue weighted by Gasteiger charge is 2.15. The normalized spacial score (nSPS) is 12.1. The van der Waals surface area contributed by atoms with Crippen molar-refractivity contribution < 1.29 is 4.74 Å². The molecule has 2 heterocycles. The lowest BCUT2D eigenvalue weighted by Gasteiger charge is -2.15. The Balaban J connectivity index is 1.71. The number of nitrogens with zero attached hydrogens (tertiary/aromatic N) is 3. The van der Waals surface area contributed by atoms with E-state index in [-0.39, 0.29) is 0 Å². The van der Waals surface area contributed by atoms with E-state index in [2.05, 4.69) is 74.0 Å². The molecule has 4 rings (SSSR count). The molecule has 0 radical (unpaired) electrons. The lowest BCUT2D eigenvalue weighted by Crippen LogP contribution is -2.22. The Morgan fingerprint density at radius 2 is 1.82 bits per heavy atom. The first-order chi connectivity index (χ1) is 16.4. The molecule has 0 fully saturated rings. The molecule has 0 aliphatic heterocycles. The molecule has 2 aromatic heterocycles. The molecule has 176 valence electrons. The molecule has 4 nitrogen and oxygen atoms in total. The van der Waals surface area contributed by atoms with Crippen molar-refractivity contribution in [1.82, 2.24) is 14.8 Å². The van der Waals surface area contributed by atoms with Gasteiger partial charge < -0.3 is 4.74 Å². The lowest BCUT2D eigenvalue weighted by molar-refractivity contribution is 0.0816. The summed E-state index contributed by atoms with van der Waals surface area (Å²) in [6.45, 7) is 10.4. The first kappa shape index (κ1) is 24.4. The van der Waals surface area contributed by atoms with E-state index < -0.39 is 8.07 Å². The molecular formula is C28H32ClN3OSi. The molecule has 0 N–H and O–H groups in total. The van der Waals surface area contributed by atoms with Crippen LogP contribution in [0.5, 0.6) is 0 Å². The first-order valence-electron chi connectivity index (χ1n) is 11.8. The van der Waals surface area contributed by atoms with Gasteiger partial charge in [-0.1, -0.05) is 80.6 Å². The topological polar surface area (TPSA) is 39.9 Å². The van der Waals surface area contributed by atoms with Gasteiger partial charge in [0.25, 0.3) is 0 Å². The highest BCUT2D eigenvalue weighted by molar-refractivity contribution is 6.76. The number of hydrogen-bond acceptors (Lipinski definition) is 3. The van der Waals surface area contributed by atoms with Crippen LogP contribution in [0.4, 0.5) is 0 Å². The number of rotatable bonds is 9. The molecule has 0 unspecified atom stereocenters. The Labute approximate surface area is 208 Å². The van der Waals surface area contributed by atoms with E-state index in [4.69, 9.17) is 21.4 Å². The fourth-order valence-corrected chi connectivity index (χ4v) is 4.89. The molecule has 0 saturated carbocycles. The average Bonchev–Trinajstić information content (AvgIpc) is 3.17. The van der Waals surface area contributed by atoms with Gasteiger partial charge >= 0.3 is 0 Å². The predicted octanol–water partition coefficient (Wildman–Crippen LogP) is 7.80. The standard InChI is InChI=1S/C28H32ClN3OSi/c1-5-22-18-30-19-25(28(22)29)23-12-14-27-24(17-23)26(13-11-21-9-7-6-8-10-21)31-32(27)20-33-15-16-34(2,3)4/h6-14,17-19H,5,15-16,20H2,1-4H3/b13-11+. The number of ether oxygens (including phenoxy) is 1. The van der Waals surface area contributed by atoms with Gasteiger partial charge in [0.1, 0.15) is 6.73 Å². The number of aromatic nitrogens is 3. The van der Waals surface area contributed by atoms with Gasteiger partial charge in [-0.15, -0.1) is 0 Å². The van der Waals surface area contributed by atoms with Gasteiger partial charge in [-0.3, -0.25) is 4.98 Å². The predicted molar refractivity (Wildman–Crippen MR) is 147 cm³/mol. The van der Waals surface area contributed by atoms with Gasteiger partial charge in [0.05, 0.1) is 16.2 Å².